The van der Waals surface area contributed by atoms with Gasteiger partial charge in [0.2, 0.25) is 0 Å². The van der Waals surface area contributed by atoms with Gasteiger partial charge < -0.3 is 15.7 Å². The number of anilines is 1. The third-order valence-corrected chi connectivity index (χ3v) is 4.11. The largest absolute Gasteiger partial charge is 0.481 e. The van der Waals surface area contributed by atoms with Crippen LogP contribution in [0.3, 0.4) is 0 Å². The van der Waals surface area contributed by atoms with E-state index in [2.05, 4.69) is 10.6 Å². The lowest BCUT2D eigenvalue weighted by atomic mass is 9.99. The van der Waals surface area contributed by atoms with Crippen LogP contribution in [0.15, 0.2) is 29.2 Å². The molecule has 2 amide bonds. The van der Waals surface area contributed by atoms with Gasteiger partial charge >= 0.3 is 12.0 Å². The van der Waals surface area contributed by atoms with Crippen LogP contribution >= 0.6 is 0 Å². The Balaban J connectivity index is 2.80. The van der Waals surface area contributed by atoms with Gasteiger partial charge in [0.25, 0.3) is 0 Å². The van der Waals surface area contributed by atoms with Crippen molar-refractivity contribution >= 4 is 27.5 Å². The Morgan fingerprint density at radius 2 is 1.82 bits per heavy atom. The van der Waals surface area contributed by atoms with Gasteiger partial charge in [-0.15, -0.1) is 0 Å². The van der Waals surface area contributed by atoms with Crippen molar-refractivity contribution in [2.75, 3.05) is 11.6 Å². The second kappa shape index (κ2) is 6.78. The van der Waals surface area contributed by atoms with E-state index in [1.807, 2.05) is 0 Å². The Kier molecular flexibility index (Phi) is 5.54. The monoisotopic (exact) mass is 328 g/mol. The molecule has 1 aromatic carbocycles. The summed E-state index contributed by atoms with van der Waals surface area (Å²) in [6, 6.07) is 5.48. The predicted molar refractivity (Wildman–Crippen MR) is 82.7 cm³/mol. The molecule has 0 aromatic heterocycles. The molecule has 122 valence electrons. The number of amides is 2. The maximum absolute atomic E-state index is 12.0. The van der Waals surface area contributed by atoms with Gasteiger partial charge in [-0.3, -0.25) is 4.79 Å². The van der Waals surface area contributed by atoms with E-state index in [1.54, 1.807) is 26.0 Å². The number of carboxylic acids is 1. The molecule has 3 N–H and O–H groups in total. The van der Waals surface area contributed by atoms with Crippen LogP contribution in [-0.2, 0) is 14.6 Å². The summed E-state index contributed by atoms with van der Waals surface area (Å²) in [7, 11) is -3.46. The first-order valence-corrected chi connectivity index (χ1v) is 8.50. The number of sulfone groups is 1. The smallest absolute Gasteiger partial charge is 0.319 e. The third-order valence-electron chi connectivity index (χ3n) is 2.95. The fraction of sp³-hybridized carbons (Fsp3) is 0.429. The number of hydrogen-bond donors (Lipinski definition) is 3. The Hall–Kier alpha value is -2.09. The predicted octanol–water partition coefficient (Wildman–Crippen LogP) is 1.85. The van der Waals surface area contributed by atoms with Crippen LogP contribution in [0.4, 0.5) is 10.5 Å². The maximum atomic E-state index is 12.0. The molecule has 0 aliphatic rings. The van der Waals surface area contributed by atoms with Crippen molar-refractivity contribution in [2.24, 2.45) is 0 Å². The van der Waals surface area contributed by atoms with Crippen molar-refractivity contribution in [1.82, 2.24) is 5.32 Å². The summed E-state index contributed by atoms with van der Waals surface area (Å²) in [5, 5.41) is 13.8. The molecular formula is C14H20N2O5S. The number of rotatable bonds is 6. The minimum absolute atomic E-state index is 0.0218. The maximum Gasteiger partial charge on any atom is 0.319 e. The van der Waals surface area contributed by atoms with E-state index in [0.29, 0.717) is 0 Å². The first-order chi connectivity index (χ1) is 10.0. The van der Waals surface area contributed by atoms with Crippen LogP contribution in [0, 0.1) is 0 Å². The second-order valence-electron chi connectivity index (χ2n) is 5.63. The molecule has 8 heteroatoms. The Bertz CT molecular complexity index is 668. The van der Waals surface area contributed by atoms with Gasteiger partial charge in [-0.25, -0.2) is 13.2 Å². The van der Waals surface area contributed by atoms with E-state index < -0.39 is 27.4 Å². The van der Waals surface area contributed by atoms with Gasteiger partial charge in [-0.1, -0.05) is 12.1 Å². The lowest BCUT2D eigenvalue weighted by Crippen LogP contribution is -2.45. The van der Waals surface area contributed by atoms with Crippen LogP contribution in [0.5, 0.6) is 0 Å². The molecule has 0 aliphatic carbocycles. The lowest BCUT2D eigenvalue weighted by Gasteiger charge is -2.26. The molecule has 0 spiro atoms. The topological polar surface area (TPSA) is 113 Å². The summed E-state index contributed by atoms with van der Waals surface area (Å²) in [6.45, 7) is 3.38. The highest BCUT2D eigenvalue weighted by molar-refractivity contribution is 7.90. The van der Waals surface area contributed by atoms with E-state index >= 15 is 0 Å². The number of carbonyl (C=O) groups excluding carboxylic acids is 1. The number of nitrogens with one attached hydrogen (secondary N) is 2. The van der Waals surface area contributed by atoms with E-state index in [4.69, 9.17) is 5.11 Å². The van der Waals surface area contributed by atoms with Gasteiger partial charge in [-0.05, 0) is 32.4 Å². The molecule has 0 fully saturated rings. The normalized spacial score (nSPS) is 11.8. The molecule has 0 saturated carbocycles. The standard InChI is InChI=1S/C14H20N2O5S/c1-14(2,9-8-12(17)18)16-13(19)15-10-6-4-5-7-11(10)22(3,20)21/h4-7H,8-9H2,1-3H3,(H,17,18)(H2,15,16,19). The SMILES string of the molecule is CC(C)(CCC(=O)O)NC(=O)Nc1ccccc1S(C)(=O)=O. The molecule has 0 unspecified atom stereocenters. The number of aliphatic carboxylic acids is 1. The van der Waals surface area contributed by atoms with Crippen molar-refractivity contribution in [3.05, 3.63) is 24.3 Å². The summed E-state index contributed by atoms with van der Waals surface area (Å²) in [4.78, 5) is 22.6. The molecular weight excluding hydrogens is 308 g/mol. The molecule has 0 bridgehead atoms. The summed E-state index contributed by atoms with van der Waals surface area (Å²) < 4.78 is 23.3. The van der Waals surface area contributed by atoms with Gasteiger partial charge in [-0.2, -0.15) is 0 Å². The molecule has 1 rings (SSSR count). The van der Waals surface area contributed by atoms with Crippen LogP contribution in [0.1, 0.15) is 26.7 Å². The Morgan fingerprint density at radius 1 is 1.23 bits per heavy atom. The number of carboxylic acid groups (broad SMARTS) is 1. The van der Waals surface area contributed by atoms with Gasteiger partial charge in [0.1, 0.15) is 0 Å². The van der Waals surface area contributed by atoms with Crippen LogP contribution in [0.25, 0.3) is 0 Å². The molecule has 0 atom stereocenters. The van der Waals surface area contributed by atoms with Gasteiger partial charge in [0.15, 0.2) is 9.84 Å². The molecule has 0 radical (unpaired) electrons. The fourth-order valence-electron chi connectivity index (χ4n) is 1.84. The third kappa shape index (κ3) is 5.72. The first-order valence-electron chi connectivity index (χ1n) is 6.61. The van der Waals surface area contributed by atoms with E-state index in [1.165, 1.54) is 12.1 Å². The lowest BCUT2D eigenvalue weighted by molar-refractivity contribution is -0.137. The van der Waals surface area contributed by atoms with E-state index in [-0.39, 0.29) is 23.4 Å². The zero-order valence-electron chi connectivity index (χ0n) is 12.7. The van der Waals surface area contributed by atoms with Gasteiger partial charge in [0, 0.05) is 18.2 Å². The highest BCUT2D eigenvalue weighted by Gasteiger charge is 2.22. The minimum atomic E-state index is -3.46. The summed E-state index contributed by atoms with van der Waals surface area (Å²) in [6.07, 6.45) is 1.24. The summed E-state index contributed by atoms with van der Waals surface area (Å²) >= 11 is 0. The van der Waals surface area contributed by atoms with Crippen LogP contribution in [-0.4, -0.2) is 37.3 Å². The summed E-state index contributed by atoms with van der Waals surface area (Å²) in [5.41, 5.74) is -0.556. The highest BCUT2D eigenvalue weighted by atomic mass is 32.2. The van der Waals surface area contributed by atoms with Crippen LogP contribution < -0.4 is 10.6 Å². The minimum Gasteiger partial charge on any atom is -0.481 e. The van der Waals surface area contributed by atoms with Crippen LogP contribution in [0.2, 0.25) is 0 Å². The van der Waals surface area contributed by atoms with Crippen molar-refractivity contribution in [3.8, 4) is 0 Å². The van der Waals surface area contributed by atoms with Gasteiger partial charge in [0.05, 0.1) is 10.6 Å². The van der Waals surface area contributed by atoms with Crippen molar-refractivity contribution < 1.29 is 23.1 Å². The molecule has 0 heterocycles. The molecule has 7 nitrogen and oxygen atoms in total. The highest BCUT2D eigenvalue weighted by Crippen LogP contribution is 2.21. The summed E-state index contributed by atoms with van der Waals surface area (Å²) in [5.74, 6) is -0.947. The number of para-hydroxylation sites is 1. The average Bonchev–Trinajstić information content (AvgIpc) is 2.35. The number of benzene rings is 1. The van der Waals surface area contributed by atoms with Crippen molar-refractivity contribution in [3.63, 3.8) is 0 Å². The second-order valence-corrected chi connectivity index (χ2v) is 7.61. The van der Waals surface area contributed by atoms with Crippen molar-refractivity contribution in [2.45, 2.75) is 37.1 Å². The molecule has 0 saturated heterocycles. The average molecular weight is 328 g/mol. The zero-order valence-corrected chi connectivity index (χ0v) is 13.5. The zero-order chi connectivity index (χ0) is 17.0. The number of urea groups is 1. The molecule has 1 aromatic rings. The Morgan fingerprint density at radius 3 is 2.36 bits per heavy atom. The first kappa shape index (κ1) is 18.0. The number of carbonyl (C=O) groups is 2. The van der Waals surface area contributed by atoms with Crippen molar-refractivity contribution in [1.29, 1.82) is 0 Å². The molecule has 22 heavy (non-hydrogen) atoms. The quantitative estimate of drug-likeness (QED) is 0.737. The van der Waals surface area contributed by atoms with E-state index in [9.17, 15) is 18.0 Å². The fourth-order valence-corrected chi connectivity index (χ4v) is 2.68. The number of hydrogen-bond acceptors (Lipinski definition) is 4. The molecule has 0 aliphatic heterocycles. The Labute approximate surface area is 129 Å². The van der Waals surface area contributed by atoms with E-state index in [0.717, 1.165) is 6.26 Å².